The smallest absolute Gasteiger partial charge is 0.270 e. The SMILES string of the molecule is COc1ccc(CNC(=O)c2ccc(Nc3ccccc3C)cn2)cc1. The molecule has 2 aromatic carbocycles. The van der Waals surface area contributed by atoms with Crippen LogP contribution in [0.25, 0.3) is 0 Å². The first-order valence-corrected chi connectivity index (χ1v) is 8.35. The van der Waals surface area contributed by atoms with Crippen molar-refractivity contribution >= 4 is 17.3 Å². The predicted octanol–water partition coefficient (Wildman–Crippen LogP) is 4.07. The lowest BCUT2D eigenvalue weighted by Gasteiger charge is -2.10. The van der Waals surface area contributed by atoms with E-state index < -0.39 is 0 Å². The zero-order valence-corrected chi connectivity index (χ0v) is 14.8. The Labute approximate surface area is 153 Å². The van der Waals surface area contributed by atoms with Crippen molar-refractivity contribution in [2.45, 2.75) is 13.5 Å². The first kappa shape index (κ1) is 17.5. The summed E-state index contributed by atoms with van der Waals surface area (Å²) in [6.45, 7) is 2.48. The quantitative estimate of drug-likeness (QED) is 0.705. The zero-order chi connectivity index (χ0) is 18.4. The van der Waals surface area contributed by atoms with E-state index in [0.29, 0.717) is 12.2 Å². The van der Waals surface area contributed by atoms with Crippen molar-refractivity contribution < 1.29 is 9.53 Å². The van der Waals surface area contributed by atoms with Gasteiger partial charge in [0.2, 0.25) is 0 Å². The summed E-state index contributed by atoms with van der Waals surface area (Å²) in [4.78, 5) is 16.5. The Morgan fingerprint density at radius 2 is 1.81 bits per heavy atom. The van der Waals surface area contributed by atoms with Crippen LogP contribution in [-0.2, 0) is 6.54 Å². The lowest BCUT2D eigenvalue weighted by Crippen LogP contribution is -2.23. The molecule has 0 aliphatic carbocycles. The number of anilines is 2. The molecule has 3 rings (SSSR count). The van der Waals surface area contributed by atoms with Gasteiger partial charge in [0.1, 0.15) is 11.4 Å². The van der Waals surface area contributed by atoms with Gasteiger partial charge in [0.05, 0.1) is 19.0 Å². The van der Waals surface area contributed by atoms with Gasteiger partial charge in [-0.05, 0) is 48.4 Å². The van der Waals surface area contributed by atoms with E-state index in [4.69, 9.17) is 4.74 Å². The summed E-state index contributed by atoms with van der Waals surface area (Å²) in [6.07, 6.45) is 1.66. The number of para-hydroxylation sites is 1. The summed E-state index contributed by atoms with van der Waals surface area (Å²) >= 11 is 0. The van der Waals surface area contributed by atoms with E-state index >= 15 is 0 Å². The van der Waals surface area contributed by atoms with E-state index in [-0.39, 0.29) is 5.91 Å². The maximum atomic E-state index is 12.2. The third-order valence-electron chi connectivity index (χ3n) is 4.03. The minimum absolute atomic E-state index is 0.205. The number of nitrogens with zero attached hydrogens (tertiary/aromatic N) is 1. The molecule has 0 fully saturated rings. The number of hydrogen-bond donors (Lipinski definition) is 2. The van der Waals surface area contributed by atoms with Gasteiger partial charge in [-0.1, -0.05) is 30.3 Å². The van der Waals surface area contributed by atoms with Crippen LogP contribution in [0.15, 0.2) is 66.9 Å². The zero-order valence-electron chi connectivity index (χ0n) is 14.8. The highest BCUT2D eigenvalue weighted by atomic mass is 16.5. The number of hydrogen-bond acceptors (Lipinski definition) is 4. The summed E-state index contributed by atoms with van der Waals surface area (Å²) < 4.78 is 5.12. The van der Waals surface area contributed by atoms with Crippen molar-refractivity contribution in [3.8, 4) is 5.75 Å². The number of carbonyl (C=O) groups excluding carboxylic acids is 1. The molecule has 5 heteroatoms. The number of benzene rings is 2. The van der Waals surface area contributed by atoms with Crippen LogP contribution < -0.4 is 15.4 Å². The number of aromatic nitrogens is 1. The maximum Gasteiger partial charge on any atom is 0.270 e. The fourth-order valence-electron chi connectivity index (χ4n) is 2.49. The van der Waals surface area contributed by atoms with Crippen LogP contribution in [0.1, 0.15) is 21.6 Å². The lowest BCUT2D eigenvalue weighted by molar-refractivity contribution is 0.0946. The third kappa shape index (κ3) is 4.39. The highest BCUT2D eigenvalue weighted by Gasteiger charge is 2.07. The number of rotatable bonds is 6. The molecule has 0 saturated heterocycles. The molecular formula is C21H21N3O2. The van der Waals surface area contributed by atoms with Crippen molar-refractivity contribution in [2.24, 2.45) is 0 Å². The predicted molar refractivity (Wildman–Crippen MR) is 103 cm³/mol. The van der Waals surface area contributed by atoms with Gasteiger partial charge in [-0.2, -0.15) is 0 Å². The number of methoxy groups -OCH3 is 1. The Bertz CT molecular complexity index is 875. The fourth-order valence-corrected chi connectivity index (χ4v) is 2.49. The van der Waals surface area contributed by atoms with Crippen molar-refractivity contribution in [1.29, 1.82) is 0 Å². The molecular weight excluding hydrogens is 326 g/mol. The van der Waals surface area contributed by atoms with Gasteiger partial charge < -0.3 is 15.4 Å². The summed E-state index contributed by atoms with van der Waals surface area (Å²) in [5.41, 5.74) is 4.39. The minimum atomic E-state index is -0.205. The minimum Gasteiger partial charge on any atom is -0.497 e. The topological polar surface area (TPSA) is 63.2 Å². The molecule has 0 spiro atoms. The van der Waals surface area contributed by atoms with E-state index in [9.17, 15) is 4.79 Å². The first-order valence-electron chi connectivity index (χ1n) is 8.35. The average Bonchev–Trinajstić information content (AvgIpc) is 2.69. The van der Waals surface area contributed by atoms with E-state index in [1.165, 1.54) is 0 Å². The molecule has 132 valence electrons. The number of carbonyl (C=O) groups is 1. The second-order valence-electron chi connectivity index (χ2n) is 5.90. The second kappa shape index (κ2) is 8.16. The Kier molecular flexibility index (Phi) is 5.49. The maximum absolute atomic E-state index is 12.2. The molecule has 5 nitrogen and oxygen atoms in total. The number of ether oxygens (including phenoxy) is 1. The van der Waals surface area contributed by atoms with E-state index in [1.807, 2.05) is 61.5 Å². The number of aryl methyl sites for hydroxylation is 1. The Morgan fingerprint density at radius 1 is 1.04 bits per heavy atom. The van der Waals surface area contributed by atoms with Crippen LogP contribution in [-0.4, -0.2) is 18.0 Å². The molecule has 0 aliphatic heterocycles. The molecule has 0 saturated carbocycles. The van der Waals surface area contributed by atoms with E-state index in [2.05, 4.69) is 15.6 Å². The molecule has 0 atom stereocenters. The van der Waals surface area contributed by atoms with E-state index in [0.717, 1.165) is 28.3 Å². The van der Waals surface area contributed by atoms with E-state index in [1.54, 1.807) is 19.4 Å². The average molecular weight is 347 g/mol. The van der Waals surface area contributed by atoms with Crippen molar-refractivity contribution in [3.05, 3.63) is 83.7 Å². The van der Waals surface area contributed by atoms with Gasteiger partial charge in [-0.15, -0.1) is 0 Å². The summed E-state index contributed by atoms with van der Waals surface area (Å²) in [5, 5.41) is 6.17. The van der Waals surface area contributed by atoms with Crippen molar-refractivity contribution in [1.82, 2.24) is 10.3 Å². The summed E-state index contributed by atoms with van der Waals surface area (Å²) in [7, 11) is 1.63. The highest BCUT2D eigenvalue weighted by molar-refractivity contribution is 5.92. The Morgan fingerprint density at radius 3 is 2.46 bits per heavy atom. The molecule has 3 aromatic rings. The molecule has 2 N–H and O–H groups in total. The van der Waals surface area contributed by atoms with Crippen molar-refractivity contribution in [2.75, 3.05) is 12.4 Å². The van der Waals surface area contributed by atoms with Crippen molar-refractivity contribution in [3.63, 3.8) is 0 Å². The van der Waals surface area contributed by atoms with Crippen LogP contribution in [0.2, 0.25) is 0 Å². The number of amides is 1. The highest BCUT2D eigenvalue weighted by Crippen LogP contribution is 2.19. The third-order valence-corrected chi connectivity index (χ3v) is 4.03. The molecule has 0 bridgehead atoms. The Hall–Kier alpha value is -3.34. The molecule has 0 aliphatic rings. The Balaban J connectivity index is 1.58. The van der Waals surface area contributed by atoms with Gasteiger partial charge in [-0.25, -0.2) is 4.98 Å². The normalized spacial score (nSPS) is 10.2. The number of nitrogens with one attached hydrogen (secondary N) is 2. The molecule has 26 heavy (non-hydrogen) atoms. The first-order chi connectivity index (χ1) is 12.7. The standard InChI is InChI=1S/C21H21N3O2/c1-15-5-3-4-6-19(15)24-17-9-12-20(22-14-17)21(25)23-13-16-7-10-18(26-2)11-8-16/h3-12,14,24H,13H2,1-2H3,(H,23,25). The van der Waals surface area contributed by atoms with Crippen LogP contribution in [0.4, 0.5) is 11.4 Å². The van der Waals surface area contributed by atoms with Crippen LogP contribution in [0.5, 0.6) is 5.75 Å². The van der Waals surface area contributed by atoms with Gasteiger partial charge in [0.25, 0.3) is 5.91 Å². The van der Waals surface area contributed by atoms with Crippen LogP contribution in [0, 0.1) is 6.92 Å². The molecule has 1 aromatic heterocycles. The summed E-state index contributed by atoms with van der Waals surface area (Å²) in [6, 6.07) is 19.1. The molecule has 0 unspecified atom stereocenters. The molecule has 1 amide bonds. The van der Waals surface area contributed by atoms with Crippen LogP contribution in [0.3, 0.4) is 0 Å². The monoisotopic (exact) mass is 347 g/mol. The lowest BCUT2D eigenvalue weighted by atomic mass is 10.2. The molecule has 0 radical (unpaired) electrons. The largest absolute Gasteiger partial charge is 0.497 e. The van der Waals surface area contributed by atoms with Gasteiger partial charge in [0, 0.05) is 12.2 Å². The van der Waals surface area contributed by atoms with Gasteiger partial charge in [-0.3, -0.25) is 4.79 Å². The van der Waals surface area contributed by atoms with Gasteiger partial charge >= 0.3 is 0 Å². The summed E-state index contributed by atoms with van der Waals surface area (Å²) in [5.74, 6) is 0.585. The fraction of sp³-hybridized carbons (Fsp3) is 0.143. The molecule has 1 heterocycles. The second-order valence-corrected chi connectivity index (χ2v) is 5.90. The van der Waals surface area contributed by atoms with Crippen LogP contribution >= 0.6 is 0 Å². The van der Waals surface area contributed by atoms with Gasteiger partial charge in [0.15, 0.2) is 0 Å². The number of pyridine rings is 1.